The first-order valence-corrected chi connectivity index (χ1v) is 9.67. The molecule has 0 unspecified atom stereocenters. The van der Waals surface area contributed by atoms with Gasteiger partial charge in [-0.25, -0.2) is 4.98 Å². The quantitative estimate of drug-likeness (QED) is 0.929. The first kappa shape index (κ1) is 14.9. The van der Waals surface area contributed by atoms with Crippen molar-refractivity contribution in [3.8, 4) is 0 Å². The number of thiazole rings is 1. The van der Waals surface area contributed by atoms with E-state index in [0.717, 1.165) is 19.5 Å². The molecule has 1 N–H and O–H groups in total. The number of hydrogen-bond donors (Lipinski definition) is 1. The van der Waals surface area contributed by atoms with Crippen LogP contribution in [0.2, 0.25) is 0 Å². The highest BCUT2D eigenvalue weighted by atomic mass is 32.1. The first-order chi connectivity index (χ1) is 10.8. The molecule has 22 heavy (non-hydrogen) atoms. The van der Waals surface area contributed by atoms with E-state index < -0.39 is 0 Å². The molecule has 4 nitrogen and oxygen atoms in total. The minimum absolute atomic E-state index is 0.0723. The van der Waals surface area contributed by atoms with E-state index in [9.17, 15) is 5.11 Å². The van der Waals surface area contributed by atoms with Crippen LogP contribution < -0.4 is 4.90 Å². The van der Waals surface area contributed by atoms with Gasteiger partial charge >= 0.3 is 0 Å². The summed E-state index contributed by atoms with van der Waals surface area (Å²) in [5.74, 6) is 0. The van der Waals surface area contributed by atoms with Crippen LogP contribution in [0.4, 0.5) is 5.13 Å². The zero-order chi connectivity index (χ0) is 15.0. The lowest BCUT2D eigenvalue weighted by Gasteiger charge is -2.42. The van der Waals surface area contributed by atoms with Crippen LogP contribution in [0.1, 0.15) is 49.8 Å². The minimum atomic E-state index is -0.0723. The number of nitrogens with zero attached hydrogens (tertiary/aromatic N) is 3. The summed E-state index contributed by atoms with van der Waals surface area (Å²) in [5, 5.41) is 11.6. The molecule has 2 aliphatic heterocycles. The maximum atomic E-state index is 10.4. The third-order valence-electron chi connectivity index (χ3n) is 5.84. The number of aromatic nitrogens is 1. The van der Waals surface area contributed by atoms with Gasteiger partial charge in [0.15, 0.2) is 5.13 Å². The van der Waals surface area contributed by atoms with Gasteiger partial charge in [0.2, 0.25) is 0 Å². The monoisotopic (exact) mass is 321 g/mol. The standard InChI is InChI=1S/C17H27N3OS/c21-15-5-3-6-17(15)7-4-8-19(13-17)12-14-11-18-16(22-14)20-9-1-2-10-20/h11,15,21H,1-10,12-13H2/t15-,17-/m1/s1. The fourth-order valence-electron chi connectivity index (χ4n) is 4.63. The Morgan fingerprint density at radius 2 is 2.00 bits per heavy atom. The van der Waals surface area contributed by atoms with Gasteiger partial charge in [-0.1, -0.05) is 6.42 Å². The summed E-state index contributed by atoms with van der Waals surface area (Å²) in [6.07, 6.45) is 10.5. The third-order valence-corrected chi connectivity index (χ3v) is 6.89. The Hall–Kier alpha value is -0.650. The molecule has 3 fully saturated rings. The van der Waals surface area contributed by atoms with Gasteiger partial charge in [-0.3, -0.25) is 4.90 Å². The fourth-order valence-corrected chi connectivity index (χ4v) is 5.64. The van der Waals surface area contributed by atoms with Crippen molar-refractivity contribution in [3.05, 3.63) is 11.1 Å². The molecular weight excluding hydrogens is 294 g/mol. The van der Waals surface area contributed by atoms with Crippen LogP contribution in [-0.2, 0) is 6.54 Å². The summed E-state index contributed by atoms with van der Waals surface area (Å²) in [7, 11) is 0. The molecule has 4 rings (SSSR count). The zero-order valence-electron chi connectivity index (χ0n) is 13.3. The molecule has 122 valence electrons. The van der Waals surface area contributed by atoms with Crippen LogP contribution in [0.15, 0.2) is 6.20 Å². The molecule has 0 amide bonds. The third kappa shape index (κ3) is 2.79. The van der Waals surface area contributed by atoms with Crippen molar-refractivity contribution in [2.24, 2.45) is 5.41 Å². The molecular formula is C17H27N3OS. The fraction of sp³-hybridized carbons (Fsp3) is 0.824. The van der Waals surface area contributed by atoms with Crippen molar-refractivity contribution in [1.82, 2.24) is 9.88 Å². The van der Waals surface area contributed by atoms with Crippen molar-refractivity contribution in [3.63, 3.8) is 0 Å². The number of rotatable bonds is 3. The Balaban J connectivity index is 1.40. The lowest BCUT2D eigenvalue weighted by atomic mass is 9.77. The molecule has 3 heterocycles. The van der Waals surface area contributed by atoms with E-state index in [0.29, 0.717) is 0 Å². The predicted molar refractivity (Wildman–Crippen MR) is 90.4 cm³/mol. The molecule has 5 heteroatoms. The smallest absolute Gasteiger partial charge is 0.185 e. The molecule has 0 radical (unpaired) electrons. The highest BCUT2D eigenvalue weighted by molar-refractivity contribution is 7.15. The molecule has 0 aromatic carbocycles. The summed E-state index contributed by atoms with van der Waals surface area (Å²) < 4.78 is 0. The minimum Gasteiger partial charge on any atom is -0.393 e. The normalized spacial score (nSPS) is 33.1. The lowest BCUT2D eigenvalue weighted by molar-refractivity contribution is -0.0117. The Morgan fingerprint density at radius 1 is 1.18 bits per heavy atom. The molecule has 3 aliphatic rings. The van der Waals surface area contributed by atoms with E-state index in [4.69, 9.17) is 0 Å². The lowest BCUT2D eigenvalue weighted by Crippen LogP contribution is -2.46. The number of anilines is 1. The van der Waals surface area contributed by atoms with Crippen LogP contribution in [0.25, 0.3) is 0 Å². The number of aliphatic hydroxyl groups is 1. The topological polar surface area (TPSA) is 39.6 Å². The SMILES string of the molecule is O[C@@H]1CCC[C@]12CCCN(Cc1cnc(N3CCCC3)s1)C2. The van der Waals surface area contributed by atoms with Crippen molar-refractivity contribution in [1.29, 1.82) is 0 Å². The maximum Gasteiger partial charge on any atom is 0.185 e. The van der Waals surface area contributed by atoms with Crippen LogP contribution in [-0.4, -0.2) is 47.3 Å². The summed E-state index contributed by atoms with van der Waals surface area (Å²) >= 11 is 1.87. The number of aliphatic hydroxyl groups excluding tert-OH is 1. The largest absolute Gasteiger partial charge is 0.393 e. The van der Waals surface area contributed by atoms with Crippen LogP contribution in [0.5, 0.6) is 0 Å². The van der Waals surface area contributed by atoms with E-state index in [1.54, 1.807) is 0 Å². The molecule has 0 bridgehead atoms. The highest BCUT2D eigenvalue weighted by Crippen LogP contribution is 2.45. The molecule has 2 atom stereocenters. The zero-order valence-corrected chi connectivity index (χ0v) is 14.2. The van der Waals surface area contributed by atoms with Crippen molar-refractivity contribution in [2.45, 2.75) is 57.6 Å². The van der Waals surface area contributed by atoms with E-state index >= 15 is 0 Å². The Morgan fingerprint density at radius 3 is 2.77 bits per heavy atom. The van der Waals surface area contributed by atoms with E-state index in [2.05, 4.69) is 21.0 Å². The van der Waals surface area contributed by atoms with Crippen molar-refractivity contribution >= 4 is 16.5 Å². The van der Waals surface area contributed by atoms with E-state index in [-0.39, 0.29) is 11.5 Å². The Labute approximate surface area is 137 Å². The Kier molecular flexibility index (Phi) is 4.13. The molecule has 1 spiro atoms. The van der Waals surface area contributed by atoms with Crippen molar-refractivity contribution in [2.75, 3.05) is 31.1 Å². The van der Waals surface area contributed by atoms with Crippen LogP contribution >= 0.6 is 11.3 Å². The van der Waals surface area contributed by atoms with E-state index in [1.807, 2.05) is 11.3 Å². The average Bonchev–Trinajstić information content (AvgIpc) is 3.22. The van der Waals surface area contributed by atoms with Gasteiger partial charge in [-0.15, -0.1) is 11.3 Å². The van der Waals surface area contributed by atoms with Gasteiger partial charge in [0.1, 0.15) is 0 Å². The second-order valence-corrected chi connectivity index (χ2v) is 8.48. The maximum absolute atomic E-state index is 10.4. The second kappa shape index (κ2) is 6.10. The summed E-state index contributed by atoms with van der Waals surface area (Å²) in [6.45, 7) is 5.61. The molecule has 1 aromatic heterocycles. The molecule has 1 saturated carbocycles. The second-order valence-electron chi connectivity index (χ2n) is 7.39. The average molecular weight is 321 g/mol. The van der Waals surface area contributed by atoms with Crippen LogP contribution in [0, 0.1) is 5.41 Å². The van der Waals surface area contributed by atoms with Gasteiger partial charge in [0.25, 0.3) is 0 Å². The first-order valence-electron chi connectivity index (χ1n) is 8.85. The summed E-state index contributed by atoms with van der Waals surface area (Å²) in [5.41, 5.74) is 0.195. The highest BCUT2D eigenvalue weighted by Gasteiger charge is 2.44. The molecule has 1 aliphatic carbocycles. The van der Waals surface area contributed by atoms with Gasteiger partial charge in [-0.05, 0) is 45.1 Å². The molecule has 2 saturated heterocycles. The van der Waals surface area contributed by atoms with Crippen LogP contribution in [0.3, 0.4) is 0 Å². The number of piperidine rings is 1. The number of likely N-dealkylation sites (tertiary alicyclic amines) is 1. The van der Waals surface area contributed by atoms with Gasteiger partial charge in [0.05, 0.1) is 6.10 Å². The molecule has 1 aromatic rings. The van der Waals surface area contributed by atoms with E-state index in [1.165, 1.54) is 68.2 Å². The number of hydrogen-bond acceptors (Lipinski definition) is 5. The van der Waals surface area contributed by atoms with Gasteiger partial charge in [0, 0.05) is 42.7 Å². The van der Waals surface area contributed by atoms with Crippen molar-refractivity contribution < 1.29 is 5.11 Å². The summed E-state index contributed by atoms with van der Waals surface area (Å²) in [6, 6.07) is 0. The van der Waals surface area contributed by atoms with Gasteiger partial charge < -0.3 is 10.0 Å². The Bertz CT molecular complexity index is 514. The predicted octanol–water partition coefficient (Wildman–Crippen LogP) is 2.87. The summed E-state index contributed by atoms with van der Waals surface area (Å²) in [4.78, 5) is 11.0. The van der Waals surface area contributed by atoms with Gasteiger partial charge in [-0.2, -0.15) is 0 Å².